The first-order chi connectivity index (χ1) is 8.78. The molecule has 0 amide bonds. The number of imidazole rings is 1. The summed E-state index contributed by atoms with van der Waals surface area (Å²) in [7, 11) is 0. The molecule has 0 aliphatic heterocycles. The van der Waals surface area contributed by atoms with Gasteiger partial charge in [0.1, 0.15) is 5.82 Å². The van der Waals surface area contributed by atoms with Gasteiger partial charge in [-0.2, -0.15) is 0 Å². The van der Waals surface area contributed by atoms with Crippen LogP contribution in [0.15, 0.2) is 23.1 Å². The van der Waals surface area contributed by atoms with Gasteiger partial charge in [0.25, 0.3) is 0 Å². The predicted octanol–water partition coefficient (Wildman–Crippen LogP) is 4.26. The van der Waals surface area contributed by atoms with Crippen LogP contribution in [0.25, 0.3) is 11.0 Å². The molecule has 1 saturated carbocycles. The number of aryl methyl sites for hydroxylation is 1. The maximum Gasteiger partial charge on any atom is 0.106 e. The second kappa shape index (κ2) is 4.96. The quantitative estimate of drug-likeness (QED) is 0.748. The molecule has 1 aromatic carbocycles. The maximum absolute atomic E-state index is 4.67. The molecule has 3 heteroatoms. The Bertz CT molecular complexity index is 555. The van der Waals surface area contributed by atoms with Crippen molar-refractivity contribution >= 4 is 22.8 Å². The Balaban J connectivity index is 1.95. The molecule has 0 saturated heterocycles. The summed E-state index contributed by atoms with van der Waals surface area (Å²) in [5.41, 5.74) is 2.47. The third-order valence-electron chi connectivity index (χ3n) is 3.52. The summed E-state index contributed by atoms with van der Waals surface area (Å²) < 4.78 is 2.41. The maximum atomic E-state index is 4.67. The van der Waals surface area contributed by atoms with E-state index in [-0.39, 0.29) is 0 Å². The number of rotatable bonds is 5. The monoisotopic (exact) mass is 260 g/mol. The number of aromatic nitrogens is 2. The average molecular weight is 260 g/mol. The van der Waals surface area contributed by atoms with Crippen LogP contribution in [-0.2, 0) is 6.54 Å². The van der Waals surface area contributed by atoms with Gasteiger partial charge in [-0.25, -0.2) is 4.98 Å². The minimum absolute atomic E-state index is 0.896. The Morgan fingerprint density at radius 2 is 2.22 bits per heavy atom. The third kappa shape index (κ3) is 2.41. The summed E-state index contributed by atoms with van der Waals surface area (Å²) in [6, 6.07) is 6.69. The largest absolute Gasteiger partial charge is 0.328 e. The molecule has 0 N–H and O–H groups in total. The fourth-order valence-corrected chi connectivity index (χ4v) is 3.12. The molecule has 1 aromatic heterocycles. The van der Waals surface area contributed by atoms with E-state index in [4.69, 9.17) is 0 Å². The molecule has 3 rings (SSSR count). The van der Waals surface area contributed by atoms with Crippen molar-refractivity contribution in [2.75, 3.05) is 5.75 Å². The van der Waals surface area contributed by atoms with Crippen LogP contribution < -0.4 is 0 Å². The molecule has 0 unspecified atom stereocenters. The first-order valence-electron chi connectivity index (χ1n) is 6.87. The minimum Gasteiger partial charge on any atom is -0.328 e. The van der Waals surface area contributed by atoms with Gasteiger partial charge in [0, 0.05) is 11.4 Å². The summed E-state index contributed by atoms with van der Waals surface area (Å²) >= 11 is 1.95. The molecule has 2 aromatic rings. The van der Waals surface area contributed by atoms with Crippen LogP contribution in [0.5, 0.6) is 0 Å². The molecule has 0 atom stereocenters. The van der Waals surface area contributed by atoms with Crippen molar-refractivity contribution in [2.24, 2.45) is 5.92 Å². The standard InChI is InChI=1S/C15H20N2S/c1-3-8-18-13-6-7-14-15(9-13)17(11(2)16-14)10-12-4-5-12/h6-7,9,12H,3-5,8,10H2,1-2H3. The van der Waals surface area contributed by atoms with Gasteiger partial charge in [0.2, 0.25) is 0 Å². The molecule has 2 nitrogen and oxygen atoms in total. The highest BCUT2D eigenvalue weighted by molar-refractivity contribution is 7.99. The van der Waals surface area contributed by atoms with Crippen LogP contribution in [0.1, 0.15) is 32.0 Å². The average Bonchev–Trinajstić information content (AvgIpc) is 3.13. The van der Waals surface area contributed by atoms with Crippen molar-refractivity contribution in [3.8, 4) is 0 Å². The van der Waals surface area contributed by atoms with Gasteiger partial charge in [-0.1, -0.05) is 6.92 Å². The lowest BCUT2D eigenvalue weighted by atomic mass is 10.3. The molecule has 1 heterocycles. The van der Waals surface area contributed by atoms with E-state index in [0.29, 0.717) is 0 Å². The van der Waals surface area contributed by atoms with Gasteiger partial charge < -0.3 is 4.57 Å². The first-order valence-corrected chi connectivity index (χ1v) is 7.86. The molecular formula is C15H20N2S. The topological polar surface area (TPSA) is 17.8 Å². The normalized spacial score (nSPS) is 15.4. The summed E-state index contributed by atoms with van der Waals surface area (Å²) in [6.45, 7) is 5.51. The lowest BCUT2D eigenvalue weighted by molar-refractivity contribution is 0.625. The number of hydrogen-bond acceptors (Lipinski definition) is 2. The van der Waals surface area contributed by atoms with Crippen LogP contribution in [-0.4, -0.2) is 15.3 Å². The zero-order valence-electron chi connectivity index (χ0n) is 11.1. The van der Waals surface area contributed by atoms with Gasteiger partial charge >= 0.3 is 0 Å². The van der Waals surface area contributed by atoms with Gasteiger partial charge in [0.15, 0.2) is 0 Å². The smallest absolute Gasteiger partial charge is 0.106 e. The van der Waals surface area contributed by atoms with Crippen molar-refractivity contribution in [1.82, 2.24) is 9.55 Å². The molecule has 0 spiro atoms. The zero-order valence-corrected chi connectivity index (χ0v) is 12.0. The van der Waals surface area contributed by atoms with Crippen molar-refractivity contribution in [3.63, 3.8) is 0 Å². The van der Waals surface area contributed by atoms with Crippen LogP contribution >= 0.6 is 11.8 Å². The number of fused-ring (bicyclic) bond motifs is 1. The Hall–Kier alpha value is -0.960. The number of benzene rings is 1. The molecule has 18 heavy (non-hydrogen) atoms. The lowest BCUT2D eigenvalue weighted by Gasteiger charge is -2.06. The molecule has 96 valence electrons. The highest BCUT2D eigenvalue weighted by Crippen LogP contribution is 2.33. The van der Waals surface area contributed by atoms with Gasteiger partial charge in [0.05, 0.1) is 11.0 Å². The van der Waals surface area contributed by atoms with E-state index < -0.39 is 0 Å². The van der Waals surface area contributed by atoms with E-state index in [2.05, 4.69) is 41.6 Å². The molecule has 1 aliphatic carbocycles. The van der Waals surface area contributed by atoms with Crippen molar-refractivity contribution < 1.29 is 0 Å². The summed E-state index contributed by atoms with van der Waals surface area (Å²) in [5.74, 6) is 3.25. The second-order valence-electron chi connectivity index (χ2n) is 5.21. The van der Waals surface area contributed by atoms with Crippen LogP contribution in [0.4, 0.5) is 0 Å². The van der Waals surface area contributed by atoms with Crippen molar-refractivity contribution in [2.45, 2.75) is 44.6 Å². The number of thioether (sulfide) groups is 1. The van der Waals surface area contributed by atoms with Crippen molar-refractivity contribution in [3.05, 3.63) is 24.0 Å². The van der Waals surface area contributed by atoms with Crippen molar-refractivity contribution in [1.29, 1.82) is 0 Å². The predicted molar refractivity (Wildman–Crippen MR) is 78.2 cm³/mol. The fourth-order valence-electron chi connectivity index (χ4n) is 2.32. The molecular weight excluding hydrogens is 240 g/mol. The molecule has 0 radical (unpaired) electrons. The Kier molecular flexibility index (Phi) is 3.33. The van der Waals surface area contributed by atoms with E-state index in [0.717, 1.165) is 23.8 Å². The zero-order chi connectivity index (χ0) is 12.5. The fraction of sp³-hybridized carbons (Fsp3) is 0.533. The summed E-state index contributed by atoms with van der Waals surface area (Å²) in [6.07, 6.45) is 4.01. The minimum atomic E-state index is 0.896. The molecule has 1 fully saturated rings. The Labute approximate surface area is 113 Å². The number of nitrogens with zero attached hydrogens (tertiary/aromatic N) is 2. The Morgan fingerprint density at radius 3 is 2.94 bits per heavy atom. The van der Waals surface area contributed by atoms with Gasteiger partial charge in [-0.15, -0.1) is 11.8 Å². The van der Waals surface area contributed by atoms with Gasteiger partial charge in [-0.3, -0.25) is 0 Å². The first kappa shape index (κ1) is 12.1. The van der Waals surface area contributed by atoms with E-state index in [1.807, 2.05) is 11.8 Å². The molecule has 0 bridgehead atoms. The van der Waals surface area contributed by atoms with E-state index >= 15 is 0 Å². The summed E-state index contributed by atoms with van der Waals surface area (Å²) in [4.78, 5) is 6.05. The van der Waals surface area contributed by atoms with Crippen LogP contribution in [0, 0.1) is 12.8 Å². The van der Waals surface area contributed by atoms with E-state index in [1.165, 1.54) is 35.4 Å². The highest BCUT2D eigenvalue weighted by atomic mass is 32.2. The SMILES string of the molecule is CCCSc1ccc2nc(C)n(CC3CC3)c2c1. The highest BCUT2D eigenvalue weighted by Gasteiger charge is 2.23. The Morgan fingerprint density at radius 1 is 1.39 bits per heavy atom. The van der Waals surface area contributed by atoms with Crippen LogP contribution in [0.3, 0.4) is 0 Å². The number of hydrogen-bond donors (Lipinski definition) is 0. The third-order valence-corrected chi connectivity index (χ3v) is 4.72. The van der Waals surface area contributed by atoms with Gasteiger partial charge in [-0.05, 0) is 56.1 Å². The lowest BCUT2D eigenvalue weighted by Crippen LogP contribution is -2.01. The van der Waals surface area contributed by atoms with E-state index in [1.54, 1.807) is 0 Å². The van der Waals surface area contributed by atoms with E-state index in [9.17, 15) is 0 Å². The molecule has 1 aliphatic rings. The summed E-state index contributed by atoms with van der Waals surface area (Å²) in [5, 5.41) is 0. The second-order valence-corrected chi connectivity index (χ2v) is 6.38. The van der Waals surface area contributed by atoms with Crippen LogP contribution in [0.2, 0.25) is 0 Å².